The summed E-state index contributed by atoms with van der Waals surface area (Å²) < 4.78 is 13.7. The zero-order chi connectivity index (χ0) is 14.4. The van der Waals surface area contributed by atoms with Crippen molar-refractivity contribution in [3.63, 3.8) is 0 Å². The van der Waals surface area contributed by atoms with Crippen LogP contribution in [-0.4, -0.2) is 17.8 Å². The van der Waals surface area contributed by atoms with E-state index in [1.54, 1.807) is 6.07 Å². The molecule has 2 aromatic rings. The van der Waals surface area contributed by atoms with Gasteiger partial charge in [0.05, 0.1) is 6.61 Å². The van der Waals surface area contributed by atoms with E-state index in [-0.39, 0.29) is 18.5 Å². The van der Waals surface area contributed by atoms with Crippen LogP contribution in [0.4, 0.5) is 4.39 Å². The Bertz CT molecular complexity index is 547. The van der Waals surface area contributed by atoms with Gasteiger partial charge in [-0.25, -0.2) is 4.39 Å². The van der Waals surface area contributed by atoms with Gasteiger partial charge in [-0.2, -0.15) is 0 Å². The number of benzene rings is 2. The third-order valence-corrected chi connectivity index (χ3v) is 3.88. The molecular weight excluding hydrogens is 321 g/mol. The molecule has 0 aliphatic heterocycles. The minimum Gasteiger partial charge on any atom is -0.395 e. The molecule has 0 amide bonds. The summed E-state index contributed by atoms with van der Waals surface area (Å²) in [6, 6.07) is 14.6. The lowest BCUT2D eigenvalue weighted by atomic mass is 10.1. The van der Waals surface area contributed by atoms with Crippen molar-refractivity contribution in [2.75, 3.05) is 6.61 Å². The van der Waals surface area contributed by atoms with Gasteiger partial charge in [-0.15, -0.1) is 0 Å². The van der Waals surface area contributed by atoms with E-state index in [1.165, 1.54) is 17.7 Å². The van der Waals surface area contributed by atoms with Gasteiger partial charge in [0.25, 0.3) is 0 Å². The topological polar surface area (TPSA) is 32.3 Å². The second kappa shape index (κ2) is 7.53. The second-order valence-corrected chi connectivity index (χ2v) is 5.54. The molecule has 20 heavy (non-hydrogen) atoms. The van der Waals surface area contributed by atoms with Crippen LogP contribution in [0.2, 0.25) is 0 Å². The van der Waals surface area contributed by atoms with Crippen LogP contribution in [0.1, 0.15) is 11.1 Å². The average molecular weight is 338 g/mol. The molecule has 1 unspecified atom stereocenters. The smallest absolute Gasteiger partial charge is 0.124 e. The molecule has 4 heteroatoms. The molecule has 0 aliphatic carbocycles. The van der Waals surface area contributed by atoms with Gasteiger partial charge in [0.1, 0.15) is 5.82 Å². The number of hydrogen-bond donors (Lipinski definition) is 2. The van der Waals surface area contributed by atoms with Crippen molar-refractivity contribution in [1.29, 1.82) is 0 Å². The molecular formula is C16H17BrFNO. The van der Waals surface area contributed by atoms with Gasteiger partial charge in [-0.1, -0.05) is 52.3 Å². The van der Waals surface area contributed by atoms with Crippen LogP contribution in [-0.2, 0) is 13.0 Å². The summed E-state index contributed by atoms with van der Waals surface area (Å²) in [7, 11) is 0. The molecule has 1 atom stereocenters. The summed E-state index contributed by atoms with van der Waals surface area (Å²) in [5.74, 6) is -0.261. The largest absolute Gasteiger partial charge is 0.395 e. The monoisotopic (exact) mass is 337 g/mol. The first-order valence-electron chi connectivity index (χ1n) is 6.51. The summed E-state index contributed by atoms with van der Waals surface area (Å²) in [6.07, 6.45) is 0.760. The molecule has 0 aromatic heterocycles. The standard InChI is InChI=1S/C16H17BrFNO/c17-16-9-14(18)7-6-13(16)10-19-15(11-20)8-12-4-2-1-3-5-12/h1-7,9,15,19-20H,8,10-11H2. The highest BCUT2D eigenvalue weighted by molar-refractivity contribution is 9.10. The Labute approximate surface area is 126 Å². The number of rotatable bonds is 6. The maximum Gasteiger partial charge on any atom is 0.124 e. The van der Waals surface area contributed by atoms with Gasteiger partial charge in [-0.3, -0.25) is 0 Å². The Morgan fingerprint density at radius 2 is 1.90 bits per heavy atom. The van der Waals surface area contributed by atoms with Gasteiger partial charge in [0.2, 0.25) is 0 Å². The Hall–Kier alpha value is -1.23. The van der Waals surface area contributed by atoms with Crippen LogP contribution >= 0.6 is 15.9 Å². The Kier molecular flexibility index (Phi) is 5.71. The van der Waals surface area contributed by atoms with Crippen LogP contribution in [0, 0.1) is 5.82 Å². The van der Waals surface area contributed by atoms with E-state index in [4.69, 9.17) is 0 Å². The molecule has 2 rings (SSSR count). The lowest BCUT2D eigenvalue weighted by Gasteiger charge is -2.17. The summed E-state index contributed by atoms with van der Waals surface area (Å²) >= 11 is 3.34. The molecule has 106 valence electrons. The van der Waals surface area contributed by atoms with Gasteiger partial charge in [0, 0.05) is 17.1 Å². The highest BCUT2D eigenvalue weighted by Gasteiger charge is 2.09. The Morgan fingerprint density at radius 3 is 2.55 bits per heavy atom. The van der Waals surface area contributed by atoms with E-state index in [1.807, 2.05) is 30.3 Å². The fourth-order valence-corrected chi connectivity index (χ4v) is 2.51. The van der Waals surface area contributed by atoms with Crippen molar-refractivity contribution in [3.05, 3.63) is 69.9 Å². The Balaban J connectivity index is 1.93. The maximum atomic E-state index is 13.0. The lowest BCUT2D eigenvalue weighted by Crippen LogP contribution is -2.34. The van der Waals surface area contributed by atoms with Crippen LogP contribution in [0.25, 0.3) is 0 Å². The third-order valence-electron chi connectivity index (χ3n) is 3.14. The lowest BCUT2D eigenvalue weighted by molar-refractivity contribution is 0.240. The molecule has 0 aliphatic rings. The summed E-state index contributed by atoms with van der Waals surface area (Å²) in [5.41, 5.74) is 2.15. The van der Waals surface area contributed by atoms with Crippen molar-refractivity contribution in [3.8, 4) is 0 Å². The van der Waals surface area contributed by atoms with E-state index >= 15 is 0 Å². The molecule has 2 aromatic carbocycles. The fourth-order valence-electron chi connectivity index (χ4n) is 2.02. The van der Waals surface area contributed by atoms with Crippen LogP contribution < -0.4 is 5.32 Å². The van der Waals surface area contributed by atoms with Gasteiger partial charge >= 0.3 is 0 Å². The number of hydrogen-bond acceptors (Lipinski definition) is 2. The van der Waals surface area contributed by atoms with Crippen molar-refractivity contribution < 1.29 is 9.50 Å². The summed E-state index contributed by atoms with van der Waals surface area (Å²) in [6.45, 7) is 0.645. The molecule has 0 radical (unpaired) electrons. The van der Waals surface area contributed by atoms with Crippen molar-refractivity contribution in [1.82, 2.24) is 5.32 Å². The average Bonchev–Trinajstić information content (AvgIpc) is 2.46. The minimum absolute atomic E-state index is 0.0191. The van der Waals surface area contributed by atoms with Gasteiger partial charge < -0.3 is 10.4 Å². The SMILES string of the molecule is OCC(Cc1ccccc1)NCc1ccc(F)cc1Br. The van der Waals surface area contributed by atoms with E-state index in [0.29, 0.717) is 6.54 Å². The third kappa shape index (κ3) is 4.40. The summed E-state index contributed by atoms with van der Waals surface area (Å²) in [4.78, 5) is 0. The highest BCUT2D eigenvalue weighted by atomic mass is 79.9. The zero-order valence-electron chi connectivity index (χ0n) is 11.0. The quantitative estimate of drug-likeness (QED) is 0.847. The number of aliphatic hydroxyl groups excluding tert-OH is 1. The molecule has 2 nitrogen and oxygen atoms in total. The second-order valence-electron chi connectivity index (χ2n) is 4.69. The minimum atomic E-state index is -0.261. The summed E-state index contributed by atoms with van der Waals surface area (Å²) in [5, 5.41) is 12.7. The van der Waals surface area contributed by atoms with Gasteiger partial charge in [-0.05, 0) is 29.7 Å². The first kappa shape index (κ1) is 15.2. The van der Waals surface area contributed by atoms with Crippen molar-refractivity contribution >= 4 is 15.9 Å². The van der Waals surface area contributed by atoms with Crippen LogP contribution in [0.3, 0.4) is 0 Å². The van der Waals surface area contributed by atoms with Crippen molar-refractivity contribution in [2.45, 2.75) is 19.0 Å². The van der Waals surface area contributed by atoms with E-state index in [9.17, 15) is 9.50 Å². The van der Waals surface area contributed by atoms with E-state index in [0.717, 1.165) is 16.5 Å². The molecule has 2 N–H and O–H groups in total. The van der Waals surface area contributed by atoms with Gasteiger partial charge in [0.15, 0.2) is 0 Å². The molecule has 0 saturated heterocycles. The number of nitrogens with one attached hydrogen (secondary N) is 1. The fraction of sp³-hybridized carbons (Fsp3) is 0.250. The highest BCUT2D eigenvalue weighted by Crippen LogP contribution is 2.18. The molecule has 0 heterocycles. The maximum absolute atomic E-state index is 13.0. The number of aliphatic hydroxyl groups is 1. The van der Waals surface area contributed by atoms with Crippen LogP contribution in [0.15, 0.2) is 53.0 Å². The normalized spacial score (nSPS) is 12.3. The number of halogens is 2. The van der Waals surface area contributed by atoms with Crippen LogP contribution in [0.5, 0.6) is 0 Å². The zero-order valence-corrected chi connectivity index (χ0v) is 12.6. The van der Waals surface area contributed by atoms with Crippen molar-refractivity contribution in [2.24, 2.45) is 0 Å². The first-order valence-corrected chi connectivity index (χ1v) is 7.30. The predicted molar refractivity (Wildman–Crippen MR) is 82.0 cm³/mol. The predicted octanol–water partition coefficient (Wildman–Crippen LogP) is 3.28. The molecule has 0 fully saturated rings. The molecule has 0 spiro atoms. The molecule has 0 bridgehead atoms. The van der Waals surface area contributed by atoms with E-state index in [2.05, 4.69) is 21.2 Å². The molecule has 0 saturated carbocycles. The Morgan fingerprint density at radius 1 is 1.15 bits per heavy atom. The first-order chi connectivity index (χ1) is 9.69. The van der Waals surface area contributed by atoms with E-state index < -0.39 is 0 Å².